The first kappa shape index (κ1) is 32.4. The fourth-order valence-electron chi connectivity index (χ4n) is 4.26. The van der Waals surface area contributed by atoms with Crippen LogP contribution < -0.4 is 0 Å². The molecule has 35 heavy (non-hydrogen) atoms. The van der Waals surface area contributed by atoms with E-state index < -0.39 is 17.6 Å². The van der Waals surface area contributed by atoms with Gasteiger partial charge in [-0.1, -0.05) is 6.58 Å². The van der Waals surface area contributed by atoms with E-state index in [1.165, 1.54) is 19.3 Å². The quantitative estimate of drug-likeness (QED) is 0.0883. The molecule has 0 N–H and O–H groups in total. The molecule has 0 bridgehead atoms. The number of epoxide rings is 1. The summed E-state index contributed by atoms with van der Waals surface area (Å²) in [5, 5.41) is 0. The minimum absolute atomic E-state index is 0.316. The first-order valence-electron chi connectivity index (χ1n) is 12.8. The van der Waals surface area contributed by atoms with E-state index in [0.29, 0.717) is 56.7 Å². The van der Waals surface area contributed by atoms with Gasteiger partial charge >= 0.3 is 23.6 Å². The Morgan fingerprint density at radius 1 is 0.886 bits per heavy atom. The first-order chi connectivity index (χ1) is 16.7. The van der Waals surface area contributed by atoms with Crippen LogP contribution in [0.5, 0.6) is 0 Å². The number of esters is 1. The van der Waals surface area contributed by atoms with E-state index in [2.05, 4.69) is 6.58 Å². The zero-order valence-corrected chi connectivity index (χ0v) is 24.9. The molecular formula is C24H48O9Si2. The summed E-state index contributed by atoms with van der Waals surface area (Å²) < 4.78 is 43.9. The van der Waals surface area contributed by atoms with Gasteiger partial charge in [-0.25, -0.2) is 4.79 Å². The molecule has 0 spiro atoms. The monoisotopic (exact) mass is 536 g/mol. The van der Waals surface area contributed by atoms with Crippen LogP contribution in [0.1, 0.15) is 59.8 Å². The van der Waals surface area contributed by atoms with Crippen LogP contribution in [0.2, 0.25) is 12.1 Å². The minimum Gasteiger partial charge on any atom is -0.462 e. The molecule has 9 nitrogen and oxygen atoms in total. The lowest BCUT2D eigenvalue weighted by atomic mass is 9.88. The smallest absolute Gasteiger partial charge is 0.462 e. The molecule has 3 atom stereocenters. The van der Waals surface area contributed by atoms with Crippen LogP contribution in [0, 0.1) is 5.92 Å². The Bertz CT molecular complexity index is 591. The molecule has 2 aliphatic rings. The standard InChI is InChI=1S/C14H28O4Si.C10H20O5Si/c1-4-15-19(16-5-2,17-6-3)10-9-12-7-8-13-14(11-12)18-13;1-9(2)10(11)15-7-6-8-16(12-3,13-4)14-5/h12-14H,4-11H2,1-3H3;1,6-8H2,2-5H3. The van der Waals surface area contributed by atoms with Gasteiger partial charge in [0.2, 0.25) is 0 Å². The Morgan fingerprint density at radius 2 is 1.46 bits per heavy atom. The second-order valence-corrected chi connectivity index (χ2v) is 14.6. The maximum atomic E-state index is 11.1. The number of hydrogen-bond donors (Lipinski definition) is 0. The third-order valence-electron chi connectivity index (χ3n) is 6.21. The average molecular weight is 537 g/mol. The molecule has 0 radical (unpaired) electrons. The van der Waals surface area contributed by atoms with Crippen LogP contribution >= 0.6 is 0 Å². The Balaban J connectivity index is 0.000000357. The van der Waals surface area contributed by atoms with E-state index in [4.69, 9.17) is 36.0 Å². The lowest BCUT2D eigenvalue weighted by Gasteiger charge is -2.30. The van der Waals surface area contributed by atoms with Crippen molar-refractivity contribution in [1.82, 2.24) is 0 Å². The van der Waals surface area contributed by atoms with Crippen LogP contribution in [0.3, 0.4) is 0 Å². The summed E-state index contributed by atoms with van der Waals surface area (Å²) in [6.45, 7) is 13.5. The van der Waals surface area contributed by atoms with Gasteiger partial charge in [0, 0.05) is 58.8 Å². The number of carbonyl (C=O) groups is 1. The predicted octanol–water partition coefficient (Wildman–Crippen LogP) is 4.37. The molecule has 0 amide bonds. The second-order valence-electron chi connectivity index (χ2n) is 8.73. The van der Waals surface area contributed by atoms with Gasteiger partial charge in [-0.2, -0.15) is 0 Å². The maximum absolute atomic E-state index is 11.1. The van der Waals surface area contributed by atoms with Gasteiger partial charge in [-0.05, 0) is 65.7 Å². The first-order valence-corrected chi connectivity index (χ1v) is 16.7. The van der Waals surface area contributed by atoms with Crippen molar-refractivity contribution >= 4 is 23.6 Å². The molecule has 1 aliphatic heterocycles. The molecule has 2 rings (SSSR count). The highest BCUT2D eigenvalue weighted by atomic mass is 28.4. The summed E-state index contributed by atoms with van der Waals surface area (Å²) in [6, 6.07) is 1.56. The Hall–Kier alpha value is -0.636. The van der Waals surface area contributed by atoms with Crippen molar-refractivity contribution in [3.63, 3.8) is 0 Å². The number of rotatable bonds is 17. The molecule has 3 unspecified atom stereocenters. The Kier molecular flexibility index (Phi) is 15.7. The van der Waals surface area contributed by atoms with E-state index in [-0.39, 0.29) is 5.97 Å². The van der Waals surface area contributed by atoms with Crippen LogP contribution in [0.25, 0.3) is 0 Å². The molecule has 2 fully saturated rings. The van der Waals surface area contributed by atoms with Gasteiger partial charge in [-0.3, -0.25) is 0 Å². The van der Waals surface area contributed by atoms with E-state index in [9.17, 15) is 4.79 Å². The highest BCUT2D eigenvalue weighted by Gasteiger charge is 2.46. The zero-order chi connectivity index (χ0) is 26.3. The van der Waals surface area contributed by atoms with Gasteiger partial charge in [0.25, 0.3) is 0 Å². The van der Waals surface area contributed by atoms with Crippen LogP contribution in [0.4, 0.5) is 0 Å². The lowest BCUT2D eigenvalue weighted by Crippen LogP contribution is -2.46. The van der Waals surface area contributed by atoms with Crippen molar-refractivity contribution < 1.29 is 40.8 Å². The SMILES string of the molecule is C=C(C)C(=O)OCCC[Si](OC)(OC)OC.CCO[Si](CCC1CCC2OC2C1)(OCC)OCC. The number of carbonyl (C=O) groups excluding carboxylic acids is 1. The van der Waals surface area contributed by atoms with Gasteiger partial charge < -0.3 is 36.0 Å². The highest BCUT2D eigenvalue weighted by molar-refractivity contribution is 6.61. The summed E-state index contributed by atoms with van der Waals surface area (Å²) in [6.07, 6.45) is 6.68. The molecule has 1 aliphatic carbocycles. The Labute approximate surface area is 214 Å². The highest BCUT2D eigenvalue weighted by Crippen LogP contribution is 2.41. The third kappa shape index (κ3) is 11.5. The zero-order valence-electron chi connectivity index (χ0n) is 22.9. The largest absolute Gasteiger partial charge is 0.500 e. The van der Waals surface area contributed by atoms with E-state index >= 15 is 0 Å². The van der Waals surface area contributed by atoms with Crippen molar-refractivity contribution in [1.29, 1.82) is 0 Å². The molecule has 1 saturated heterocycles. The fourth-order valence-corrected chi connectivity index (χ4v) is 8.72. The number of fused-ring (bicyclic) bond motifs is 1. The summed E-state index contributed by atoms with van der Waals surface area (Å²) in [5.74, 6) is 0.386. The van der Waals surface area contributed by atoms with Crippen molar-refractivity contribution in [2.45, 2.75) is 84.1 Å². The summed E-state index contributed by atoms with van der Waals surface area (Å²) in [4.78, 5) is 11.1. The summed E-state index contributed by atoms with van der Waals surface area (Å²) >= 11 is 0. The molecule has 1 saturated carbocycles. The molecule has 1 heterocycles. The van der Waals surface area contributed by atoms with E-state index in [0.717, 1.165) is 18.4 Å². The number of ether oxygens (including phenoxy) is 2. The second kappa shape index (κ2) is 17.0. The van der Waals surface area contributed by atoms with Crippen molar-refractivity contribution in [3.05, 3.63) is 12.2 Å². The van der Waals surface area contributed by atoms with Gasteiger partial charge in [-0.15, -0.1) is 0 Å². The molecule has 11 heteroatoms. The number of hydrogen-bond acceptors (Lipinski definition) is 9. The van der Waals surface area contributed by atoms with Gasteiger partial charge in [0.15, 0.2) is 0 Å². The van der Waals surface area contributed by atoms with E-state index in [1.807, 2.05) is 20.8 Å². The minimum atomic E-state index is -2.53. The molecular weight excluding hydrogens is 488 g/mol. The maximum Gasteiger partial charge on any atom is 0.500 e. The van der Waals surface area contributed by atoms with Crippen LogP contribution in [-0.2, 0) is 40.8 Å². The summed E-state index contributed by atoms with van der Waals surface area (Å²) in [5.41, 5.74) is 0.397. The van der Waals surface area contributed by atoms with Gasteiger partial charge in [0.1, 0.15) is 0 Å². The normalized spacial score (nSPS) is 21.5. The molecule has 0 aromatic rings. The molecule has 0 aromatic heterocycles. The van der Waals surface area contributed by atoms with Gasteiger partial charge in [0.05, 0.1) is 18.8 Å². The topological polar surface area (TPSA) is 94.2 Å². The third-order valence-corrected chi connectivity index (χ3v) is 12.1. The van der Waals surface area contributed by atoms with Crippen molar-refractivity contribution in [3.8, 4) is 0 Å². The Morgan fingerprint density at radius 3 is 1.91 bits per heavy atom. The van der Waals surface area contributed by atoms with Crippen LogP contribution in [-0.4, -0.2) is 83.5 Å². The lowest BCUT2D eigenvalue weighted by molar-refractivity contribution is -0.139. The van der Waals surface area contributed by atoms with Crippen molar-refractivity contribution in [2.24, 2.45) is 5.92 Å². The van der Waals surface area contributed by atoms with Crippen molar-refractivity contribution in [2.75, 3.05) is 47.8 Å². The molecule has 206 valence electrons. The fraction of sp³-hybridized carbons (Fsp3) is 0.875. The predicted molar refractivity (Wildman–Crippen MR) is 138 cm³/mol. The van der Waals surface area contributed by atoms with E-state index in [1.54, 1.807) is 28.3 Å². The summed E-state index contributed by atoms with van der Waals surface area (Å²) in [7, 11) is -0.295. The van der Waals surface area contributed by atoms with Crippen LogP contribution in [0.15, 0.2) is 12.2 Å². The molecule has 0 aromatic carbocycles. The average Bonchev–Trinajstić information content (AvgIpc) is 3.63.